The van der Waals surface area contributed by atoms with Crippen LogP contribution in [0, 0.1) is 5.92 Å². The van der Waals surface area contributed by atoms with Gasteiger partial charge in [-0.25, -0.2) is 0 Å². The third kappa shape index (κ3) is 3.59. The quantitative estimate of drug-likeness (QED) is 0.742. The second kappa shape index (κ2) is 7.09. The van der Waals surface area contributed by atoms with Crippen LogP contribution in [-0.4, -0.2) is 38.8 Å². The molecule has 134 valence electrons. The summed E-state index contributed by atoms with van der Waals surface area (Å²) < 4.78 is 1.63. The Bertz CT molecular complexity index is 939. The molecular weight excluding hydrogens is 375 g/mol. The topological polar surface area (TPSA) is 75.4 Å². The van der Waals surface area contributed by atoms with Crippen LogP contribution in [0.25, 0.3) is 5.65 Å². The smallest absolute Gasteiger partial charge is 0.229 e. The van der Waals surface area contributed by atoms with Crippen molar-refractivity contribution >= 4 is 46.3 Å². The molecule has 2 aromatic heterocycles. The van der Waals surface area contributed by atoms with Crippen LogP contribution in [0.2, 0.25) is 10.0 Å². The third-order valence-corrected chi connectivity index (χ3v) is 4.83. The Morgan fingerprint density at radius 3 is 2.81 bits per heavy atom. The van der Waals surface area contributed by atoms with Crippen molar-refractivity contribution in [2.45, 2.75) is 12.8 Å². The van der Waals surface area contributed by atoms with Gasteiger partial charge in [-0.3, -0.25) is 4.79 Å². The molecule has 9 heteroatoms. The molecule has 0 spiro atoms. The fraction of sp³-hybridized carbons (Fsp3) is 0.294. The standard InChI is InChI=1S/C17H16Cl2N6O/c18-12-6-13(19)8-14(7-12)21-17(26)11-2-1-5-24(9-11)16-4-3-15-22-20-10-25(15)23-16/h3-4,6-8,10-11H,1-2,5,9H2,(H,21,26)/t11-/m0/s1. The molecule has 1 aliphatic heterocycles. The summed E-state index contributed by atoms with van der Waals surface area (Å²) in [6, 6.07) is 8.78. The first-order valence-corrected chi connectivity index (χ1v) is 9.03. The number of fused-ring (bicyclic) bond motifs is 1. The van der Waals surface area contributed by atoms with E-state index < -0.39 is 0 Å². The number of amides is 1. The molecular formula is C17H16Cl2N6O. The maximum atomic E-state index is 12.7. The normalized spacial score (nSPS) is 17.5. The van der Waals surface area contributed by atoms with Crippen LogP contribution in [0.5, 0.6) is 0 Å². The van der Waals surface area contributed by atoms with Crippen molar-refractivity contribution in [1.29, 1.82) is 0 Å². The van der Waals surface area contributed by atoms with Crippen molar-refractivity contribution in [3.63, 3.8) is 0 Å². The Balaban J connectivity index is 1.47. The van der Waals surface area contributed by atoms with Crippen LogP contribution >= 0.6 is 23.2 Å². The van der Waals surface area contributed by atoms with Gasteiger partial charge in [-0.15, -0.1) is 15.3 Å². The molecule has 1 amide bonds. The molecule has 1 saturated heterocycles. The minimum atomic E-state index is -0.139. The molecule has 0 radical (unpaired) electrons. The average molecular weight is 391 g/mol. The predicted octanol–water partition coefficient (Wildman–Crippen LogP) is 3.29. The summed E-state index contributed by atoms with van der Waals surface area (Å²) in [4.78, 5) is 14.8. The fourth-order valence-corrected chi connectivity index (χ4v) is 3.68. The van der Waals surface area contributed by atoms with Gasteiger partial charge in [-0.2, -0.15) is 4.52 Å². The van der Waals surface area contributed by atoms with E-state index in [1.54, 1.807) is 29.0 Å². The van der Waals surface area contributed by atoms with Gasteiger partial charge in [0.2, 0.25) is 5.91 Å². The minimum absolute atomic E-state index is 0.0431. The Kier molecular flexibility index (Phi) is 4.65. The number of anilines is 2. The molecule has 0 saturated carbocycles. The first kappa shape index (κ1) is 17.1. The van der Waals surface area contributed by atoms with E-state index in [9.17, 15) is 4.79 Å². The maximum absolute atomic E-state index is 12.7. The summed E-state index contributed by atoms with van der Waals surface area (Å²) in [6.45, 7) is 1.45. The van der Waals surface area contributed by atoms with Crippen LogP contribution in [0.1, 0.15) is 12.8 Å². The first-order chi connectivity index (χ1) is 12.6. The predicted molar refractivity (Wildman–Crippen MR) is 101 cm³/mol. The Labute approximate surface area is 159 Å². The van der Waals surface area contributed by atoms with E-state index in [4.69, 9.17) is 23.2 Å². The molecule has 3 heterocycles. The van der Waals surface area contributed by atoms with Crippen molar-refractivity contribution in [3.8, 4) is 0 Å². The van der Waals surface area contributed by atoms with Crippen LogP contribution in [0.3, 0.4) is 0 Å². The fourth-order valence-electron chi connectivity index (χ4n) is 3.16. The molecule has 1 aromatic carbocycles. The number of halogens is 2. The second-order valence-corrected chi connectivity index (χ2v) is 7.13. The number of rotatable bonds is 3. The van der Waals surface area contributed by atoms with Gasteiger partial charge in [0.1, 0.15) is 12.1 Å². The number of nitrogens with zero attached hydrogens (tertiary/aromatic N) is 5. The number of carbonyl (C=O) groups is 1. The van der Waals surface area contributed by atoms with Gasteiger partial charge in [0.05, 0.1) is 5.92 Å². The van der Waals surface area contributed by atoms with Gasteiger partial charge >= 0.3 is 0 Å². The van der Waals surface area contributed by atoms with Crippen LogP contribution in [-0.2, 0) is 4.79 Å². The summed E-state index contributed by atoms with van der Waals surface area (Å²) >= 11 is 12.0. The monoisotopic (exact) mass is 390 g/mol. The van der Waals surface area contributed by atoms with Crippen LogP contribution in [0.4, 0.5) is 11.5 Å². The lowest BCUT2D eigenvalue weighted by atomic mass is 9.97. The molecule has 26 heavy (non-hydrogen) atoms. The zero-order chi connectivity index (χ0) is 18.1. The highest BCUT2D eigenvalue weighted by molar-refractivity contribution is 6.35. The van der Waals surface area contributed by atoms with Crippen LogP contribution < -0.4 is 10.2 Å². The number of nitrogens with one attached hydrogen (secondary N) is 1. The van der Waals surface area contributed by atoms with Crippen LogP contribution in [0.15, 0.2) is 36.7 Å². The second-order valence-electron chi connectivity index (χ2n) is 6.26. The van der Waals surface area contributed by atoms with Crippen molar-refractivity contribution in [2.75, 3.05) is 23.3 Å². The Morgan fingerprint density at radius 2 is 2.00 bits per heavy atom. The van der Waals surface area contributed by atoms with Crippen molar-refractivity contribution < 1.29 is 4.79 Å². The third-order valence-electron chi connectivity index (χ3n) is 4.39. The minimum Gasteiger partial charge on any atom is -0.354 e. The molecule has 1 atom stereocenters. The molecule has 4 rings (SSSR count). The van der Waals surface area contributed by atoms with E-state index in [0.29, 0.717) is 27.9 Å². The summed E-state index contributed by atoms with van der Waals surface area (Å²) in [7, 11) is 0. The average Bonchev–Trinajstić information content (AvgIpc) is 3.08. The number of benzene rings is 1. The highest BCUT2D eigenvalue weighted by Crippen LogP contribution is 2.25. The number of carbonyl (C=O) groups excluding carboxylic acids is 1. The lowest BCUT2D eigenvalue weighted by molar-refractivity contribution is -0.120. The summed E-state index contributed by atoms with van der Waals surface area (Å²) in [5, 5.41) is 16.2. The summed E-state index contributed by atoms with van der Waals surface area (Å²) in [5.74, 6) is 0.624. The van der Waals surface area contributed by atoms with E-state index in [-0.39, 0.29) is 11.8 Å². The van der Waals surface area contributed by atoms with Gasteiger partial charge < -0.3 is 10.2 Å². The van der Waals surface area contributed by atoms with E-state index in [2.05, 4.69) is 25.5 Å². The Morgan fingerprint density at radius 1 is 1.19 bits per heavy atom. The summed E-state index contributed by atoms with van der Waals surface area (Å²) in [6.07, 6.45) is 3.30. The van der Waals surface area contributed by atoms with E-state index in [1.807, 2.05) is 12.1 Å². The zero-order valence-corrected chi connectivity index (χ0v) is 15.3. The molecule has 3 aromatic rings. The molecule has 0 aliphatic carbocycles. The van der Waals surface area contributed by atoms with Crippen molar-refractivity contribution in [1.82, 2.24) is 19.8 Å². The first-order valence-electron chi connectivity index (χ1n) is 8.27. The van der Waals surface area contributed by atoms with Gasteiger partial charge in [-0.05, 0) is 43.2 Å². The molecule has 1 N–H and O–H groups in total. The highest BCUT2D eigenvalue weighted by atomic mass is 35.5. The van der Waals surface area contributed by atoms with E-state index in [1.165, 1.54) is 0 Å². The Hall–Kier alpha value is -2.38. The van der Waals surface area contributed by atoms with Gasteiger partial charge in [-0.1, -0.05) is 23.2 Å². The number of hydrogen-bond donors (Lipinski definition) is 1. The largest absolute Gasteiger partial charge is 0.354 e. The van der Waals surface area contributed by atoms with Crippen molar-refractivity contribution in [2.24, 2.45) is 5.92 Å². The molecule has 0 bridgehead atoms. The number of aromatic nitrogens is 4. The number of piperidine rings is 1. The zero-order valence-electron chi connectivity index (χ0n) is 13.8. The van der Waals surface area contributed by atoms with Gasteiger partial charge in [0.25, 0.3) is 0 Å². The molecule has 1 aliphatic rings. The van der Waals surface area contributed by atoms with E-state index >= 15 is 0 Å². The highest BCUT2D eigenvalue weighted by Gasteiger charge is 2.27. The maximum Gasteiger partial charge on any atom is 0.229 e. The molecule has 0 unspecified atom stereocenters. The number of hydrogen-bond acceptors (Lipinski definition) is 5. The molecule has 7 nitrogen and oxygen atoms in total. The lowest BCUT2D eigenvalue weighted by Gasteiger charge is -2.32. The van der Waals surface area contributed by atoms with E-state index in [0.717, 1.165) is 25.2 Å². The lowest BCUT2D eigenvalue weighted by Crippen LogP contribution is -2.41. The molecule has 1 fully saturated rings. The van der Waals surface area contributed by atoms with Gasteiger partial charge in [0, 0.05) is 28.8 Å². The van der Waals surface area contributed by atoms with Gasteiger partial charge in [0.15, 0.2) is 5.65 Å². The SMILES string of the molecule is O=C(Nc1cc(Cl)cc(Cl)c1)[C@H]1CCCN(c2ccc3nncn3n2)C1. The van der Waals surface area contributed by atoms with Crippen molar-refractivity contribution in [3.05, 3.63) is 46.7 Å². The summed E-state index contributed by atoms with van der Waals surface area (Å²) in [5.41, 5.74) is 1.30.